The maximum Gasteiger partial charge on any atom is 0.339 e. The van der Waals surface area contributed by atoms with Crippen LogP contribution in [-0.2, 0) is 47.6 Å². The van der Waals surface area contributed by atoms with Gasteiger partial charge in [0.2, 0.25) is 0 Å². The number of hydrogen-bond acceptors (Lipinski definition) is 14. The molecule has 0 bridgehead atoms. The Morgan fingerprint density at radius 2 is 0.744 bits per heavy atom. The summed E-state index contributed by atoms with van der Waals surface area (Å²) in [6, 6.07) is 11.2. The van der Waals surface area contributed by atoms with E-state index in [0.717, 1.165) is 75.0 Å². The zero-order valence-electron chi connectivity index (χ0n) is 49.7. The Kier molecular flexibility index (Phi) is 34.8. The average molecular weight is 1150 g/mol. The van der Waals surface area contributed by atoms with Crippen LogP contribution in [0.2, 0.25) is 0 Å². The molecule has 3 rings (SSSR count). The molecule has 16 nitrogen and oxygen atoms in total. The van der Waals surface area contributed by atoms with Gasteiger partial charge in [-0.3, -0.25) is 9.59 Å². The second kappa shape index (κ2) is 40.8. The molecule has 0 radical (unpaired) electrons. The number of aromatic carboxylic acids is 2. The van der Waals surface area contributed by atoms with Gasteiger partial charge in [0.1, 0.15) is 26.4 Å². The Morgan fingerprint density at radius 3 is 1.11 bits per heavy atom. The Bertz CT molecular complexity index is 2320. The van der Waals surface area contributed by atoms with Crippen molar-refractivity contribution in [1.82, 2.24) is 0 Å². The maximum atomic E-state index is 13.0. The Morgan fingerprint density at radius 1 is 0.439 bits per heavy atom. The Hall–Kier alpha value is -6.32. The third-order valence-electron chi connectivity index (χ3n) is 15.5. The number of carboxylic acid groups (broad SMARTS) is 2. The van der Waals surface area contributed by atoms with Gasteiger partial charge < -0.3 is 38.6 Å². The summed E-state index contributed by atoms with van der Waals surface area (Å²) >= 11 is 0. The Labute approximate surface area is 487 Å². The van der Waals surface area contributed by atoms with E-state index in [2.05, 4.69) is 27.0 Å². The quantitative estimate of drug-likeness (QED) is 0.0272. The van der Waals surface area contributed by atoms with E-state index in [-0.39, 0.29) is 59.5 Å². The number of benzene rings is 2. The standard InChI is InChI=1S/C66H96O16/c1-7-9-11-16-23-33-53-49(31-21-10-8-2)41-42-50(32-22-17-12-14-19-25-39-59(67)77-43-51(45-79-63(73)47(3)4)81-65(75)57-37-29-27-35-55(57)61(69)70)54(53)34-24-18-13-15-20-26-40-60(68)78-44-52(46-80-64(74)48(5)6)82-66(76)58-38-30-28-36-56(58)62(71)72/h27-30,35-38,49-54H,3,5,7-26,31-34,39-46H2,1-2,4,6H3,(H,69,70)(H,71,72). The number of esters is 6. The molecule has 6 unspecified atom stereocenters. The van der Waals surface area contributed by atoms with Gasteiger partial charge in [0.25, 0.3) is 0 Å². The Balaban J connectivity index is 1.47. The molecule has 0 spiro atoms. The molecule has 0 saturated heterocycles. The van der Waals surface area contributed by atoms with E-state index in [0.29, 0.717) is 12.8 Å². The molecule has 0 aliphatic heterocycles. The summed E-state index contributed by atoms with van der Waals surface area (Å²) in [5, 5.41) is 19.1. The van der Waals surface area contributed by atoms with E-state index in [4.69, 9.17) is 28.4 Å². The molecule has 16 heteroatoms. The maximum absolute atomic E-state index is 13.0. The predicted molar refractivity (Wildman–Crippen MR) is 313 cm³/mol. The van der Waals surface area contributed by atoms with Crippen LogP contribution in [0.25, 0.3) is 0 Å². The first-order valence-electron chi connectivity index (χ1n) is 30.5. The van der Waals surface area contributed by atoms with Crippen LogP contribution in [0.15, 0.2) is 72.8 Å². The van der Waals surface area contributed by atoms with Crippen molar-refractivity contribution in [1.29, 1.82) is 0 Å². The highest BCUT2D eigenvalue weighted by molar-refractivity contribution is 6.03. The fourth-order valence-electron chi connectivity index (χ4n) is 11.0. The molecule has 1 aliphatic carbocycles. The van der Waals surface area contributed by atoms with Gasteiger partial charge in [0.05, 0.1) is 22.3 Å². The third-order valence-corrected chi connectivity index (χ3v) is 15.5. The van der Waals surface area contributed by atoms with Crippen LogP contribution in [0.5, 0.6) is 0 Å². The first-order valence-corrected chi connectivity index (χ1v) is 30.5. The molecule has 0 aromatic heterocycles. The zero-order chi connectivity index (χ0) is 60.1. The first kappa shape index (κ1) is 69.9. The molecular weight excluding hydrogens is 1050 g/mol. The molecule has 0 amide bonds. The van der Waals surface area contributed by atoms with Gasteiger partial charge >= 0.3 is 47.8 Å². The van der Waals surface area contributed by atoms with Crippen LogP contribution in [0, 0.1) is 23.7 Å². The van der Waals surface area contributed by atoms with Crippen molar-refractivity contribution in [3.05, 3.63) is 95.1 Å². The predicted octanol–water partition coefficient (Wildman–Crippen LogP) is 14.6. The zero-order valence-corrected chi connectivity index (χ0v) is 49.7. The van der Waals surface area contributed by atoms with Crippen molar-refractivity contribution in [2.45, 2.75) is 220 Å². The van der Waals surface area contributed by atoms with Gasteiger partial charge in [0, 0.05) is 24.0 Å². The summed E-state index contributed by atoms with van der Waals surface area (Å²) in [5.41, 5.74) is -0.569. The summed E-state index contributed by atoms with van der Waals surface area (Å²) in [5.74, 6) is -3.81. The lowest BCUT2D eigenvalue weighted by Gasteiger charge is -2.44. The number of rotatable bonds is 44. The average Bonchev–Trinajstić information content (AvgIpc) is 3.62. The highest BCUT2D eigenvalue weighted by Crippen LogP contribution is 2.48. The molecule has 2 N–H and O–H groups in total. The van der Waals surface area contributed by atoms with Crippen LogP contribution in [-0.4, -0.2) is 96.6 Å². The topological polar surface area (TPSA) is 232 Å². The number of ether oxygens (including phenoxy) is 6. The molecule has 1 fully saturated rings. The molecule has 0 heterocycles. The van der Waals surface area contributed by atoms with Crippen molar-refractivity contribution < 1.29 is 77.0 Å². The van der Waals surface area contributed by atoms with Gasteiger partial charge in [-0.05, 0) is 100 Å². The molecule has 6 atom stereocenters. The molecule has 1 aliphatic rings. The van der Waals surface area contributed by atoms with E-state index in [1.165, 1.54) is 165 Å². The van der Waals surface area contributed by atoms with E-state index in [9.17, 15) is 48.6 Å². The summed E-state index contributed by atoms with van der Waals surface area (Å²) in [7, 11) is 0. The number of hydrogen-bond donors (Lipinski definition) is 2. The highest BCUT2D eigenvalue weighted by atomic mass is 16.6. The summed E-state index contributed by atoms with van der Waals surface area (Å²) in [6.45, 7) is 13.1. The van der Waals surface area contributed by atoms with Gasteiger partial charge in [0.15, 0.2) is 12.2 Å². The van der Waals surface area contributed by atoms with Crippen LogP contribution in [0.1, 0.15) is 249 Å². The minimum Gasteiger partial charge on any atom is -0.478 e. The van der Waals surface area contributed by atoms with Gasteiger partial charge in [-0.15, -0.1) is 0 Å². The van der Waals surface area contributed by atoms with Crippen LogP contribution in [0.4, 0.5) is 0 Å². The molecule has 82 heavy (non-hydrogen) atoms. The molecule has 2 aromatic rings. The van der Waals surface area contributed by atoms with Gasteiger partial charge in [-0.25, -0.2) is 28.8 Å². The van der Waals surface area contributed by atoms with Crippen molar-refractivity contribution in [2.24, 2.45) is 23.7 Å². The lowest BCUT2D eigenvalue weighted by atomic mass is 9.61. The molecule has 2 aromatic carbocycles. The van der Waals surface area contributed by atoms with Crippen LogP contribution < -0.4 is 0 Å². The molecule has 456 valence electrons. The minimum atomic E-state index is -1.30. The van der Waals surface area contributed by atoms with Crippen molar-refractivity contribution in [2.75, 3.05) is 26.4 Å². The number of unbranched alkanes of at least 4 members (excludes halogenated alkanes) is 16. The van der Waals surface area contributed by atoms with E-state index < -0.39 is 73.2 Å². The summed E-state index contributed by atoms with van der Waals surface area (Å²) < 4.78 is 32.2. The normalized spacial score (nSPS) is 16.4. The van der Waals surface area contributed by atoms with Gasteiger partial charge in [-0.1, -0.05) is 180 Å². The lowest BCUT2D eigenvalue weighted by molar-refractivity contribution is -0.152. The van der Waals surface area contributed by atoms with Crippen molar-refractivity contribution >= 4 is 47.8 Å². The largest absolute Gasteiger partial charge is 0.478 e. The summed E-state index contributed by atoms with van der Waals surface area (Å²) in [6.07, 6.45) is 28.1. The summed E-state index contributed by atoms with van der Waals surface area (Å²) in [4.78, 5) is 99.1. The van der Waals surface area contributed by atoms with E-state index in [1.807, 2.05) is 0 Å². The monoisotopic (exact) mass is 1140 g/mol. The fraction of sp³-hybridized carbons (Fsp3) is 0.636. The third kappa shape index (κ3) is 27.6. The second-order valence-corrected chi connectivity index (χ2v) is 22.3. The van der Waals surface area contributed by atoms with Crippen molar-refractivity contribution in [3.63, 3.8) is 0 Å². The van der Waals surface area contributed by atoms with Gasteiger partial charge in [-0.2, -0.15) is 0 Å². The smallest absolute Gasteiger partial charge is 0.339 e. The first-order chi connectivity index (χ1) is 39.5. The highest BCUT2D eigenvalue weighted by Gasteiger charge is 2.38. The fourth-order valence-corrected chi connectivity index (χ4v) is 11.0. The van der Waals surface area contributed by atoms with E-state index >= 15 is 0 Å². The number of carboxylic acids is 2. The molecule has 1 saturated carbocycles. The van der Waals surface area contributed by atoms with Crippen LogP contribution in [0.3, 0.4) is 0 Å². The van der Waals surface area contributed by atoms with Crippen LogP contribution >= 0.6 is 0 Å². The van der Waals surface area contributed by atoms with E-state index in [1.54, 1.807) is 0 Å². The lowest BCUT2D eigenvalue weighted by Crippen LogP contribution is -2.35. The molecular formula is C66H96O16. The number of carbonyl (C=O) groups is 8. The second-order valence-electron chi connectivity index (χ2n) is 22.3. The van der Waals surface area contributed by atoms with Crippen molar-refractivity contribution in [3.8, 4) is 0 Å². The SMILES string of the molecule is C=C(C)C(=O)OCC(COC(=O)CCCCCCCCC1CCC(CCCCC)C(CCCCCCC)C1CCCCCCCCC(=O)OCC(COC(=O)C(=C)C)OC(=O)c1ccccc1C(=O)O)OC(=O)c1ccccc1C(=O)O. The number of carbonyl (C=O) groups excluding carboxylic acids is 6. The minimum absolute atomic E-state index is 0.139.